The van der Waals surface area contributed by atoms with Crippen LogP contribution in [-0.2, 0) is 17.7 Å². The lowest BCUT2D eigenvalue weighted by Gasteiger charge is -2.31. The number of nitrogens with zero attached hydrogens (tertiary/aromatic N) is 4. The largest absolute Gasteiger partial charge is 0.444 e. The predicted molar refractivity (Wildman–Crippen MR) is 73.3 cm³/mol. The average Bonchev–Trinajstić information content (AvgIpc) is 2.80. The first-order valence-corrected chi connectivity index (χ1v) is 6.71. The molecular weight excluding hydrogens is 256 g/mol. The number of hydrogen-bond acceptors (Lipinski definition) is 4. The molecule has 1 aliphatic rings. The second-order valence-corrected chi connectivity index (χ2v) is 6.07. The average molecular weight is 274 g/mol. The Kier molecular flexibility index (Phi) is 2.88. The fraction of sp³-hybridized carbons (Fsp3) is 0.500. The van der Waals surface area contributed by atoms with Gasteiger partial charge in [0, 0.05) is 12.7 Å². The fourth-order valence-electron chi connectivity index (χ4n) is 2.35. The predicted octanol–water partition coefficient (Wildman–Crippen LogP) is 2.02. The first-order chi connectivity index (χ1) is 9.42. The number of carbonyl (C=O) groups excluding carboxylic acids is 1. The molecule has 0 aromatic carbocycles. The number of pyridine rings is 1. The number of amides is 1. The zero-order chi connectivity index (χ0) is 14.3. The highest BCUT2D eigenvalue weighted by Crippen LogP contribution is 2.21. The number of aromatic nitrogens is 3. The molecule has 6 heteroatoms. The topological polar surface area (TPSA) is 59.7 Å². The number of rotatable bonds is 0. The van der Waals surface area contributed by atoms with E-state index in [4.69, 9.17) is 4.74 Å². The summed E-state index contributed by atoms with van der Waals surface area (Å²) in [6.45, 7) is 6.88. The minimum Gasteiger partial charge on any atom is -0.444 e. The van der Waals surface area contributed by atoms with Crippen molar-refractivity contribution in [3.8, 4) is 0 Å². The molecule has 3 heterocycles. The Morgan fingerprint density at radius 2 is 2.15 bits per heavy atom. The van der Waals surface area contributed by atoms with E-state index in [1.54, 1.807) is 11.2 Å². The van der Waals surface area contributed by atoms with Crippen molar-refractivity contribution in [3.05, 3.63) is 29.7 Å². The Balaban J connectivity index is 1.82. The van der Waals surface area contributed by atoms with Crippen molar-refractivity contribution in [1.29, 1.82) is 0 Å². The van der Waals surface area contributed by atoms with Gasteiger partial charge in [-0.05, 0) is 44.4 Å². The third-order valence-corrected chi connectivity index (χ3v) is 3.28. The van der Waals surface area contributed by atoms with E-state index in [1.807, 2.05) is 37.4 Å². The molecule has 0 N–H and O–H groups in total. The van der Waals surface area contributed by atoms with E-state index in [0.717, 1.165) is 17.6 Å². The van der Waals surface area contributed by atoms with Crippen LogP contribution >= 0.6 is 0 Å². The normalized spacial score (nSPS) is 15.2. The molecule has 0 bridgehead atoms. The maximum absolute atomic E-state index is 12.1. The summed E-state index contributed by atoms with van der Waals surface area (Å²) in [5, 5.41) is 7.92. The molecule has 1 amide bonds. The maximum atomic E-state index is 12.1. The third-order valence-electron chi connectivity index (χ3n) is 3.28. The Hall–Kier alpha value is -2.11. The summed E-state index contributed by atoms with van der Waals surface area (Å²) in [4.78, 5) is 13.8. The van der Waals surface area contributed by atoms with Crippen LogP contribution < -0.4 is 0 Å². The van der Waals surface area contributed by atoms with Gasteiger partial charge in [-0.25, -0.2) is 4.79 Å². The Bertz CT molecular complexity index is 657. The second kappa shape index (κ2) is 4.47. The number of fused-ring (bicyclic) bond motifs is 2. The van der Waals surface area contributed by atoms with Gasteiger partial charge in [0.05, 0.1) is 6.54 Å². The van der Waals surface area contributed by atoms with Gasteiger partial charge in [-0.2, -0.15) is 0 Å². The van der Waals surface area contributed by atoms with E-state index in [-0.39, 0.29) is 6.09 Å². The van der Waals surface area contributed by atoms with Crippen LogP contribution in [0.25, 0.3) is 5.65 Å². The molecule has 2 aromatic heterocycles. The van der Waals surface area contributed by atoms with Crippen LogP contribution in [-0.4, -0.2) is 37.7 Å². The number of hydrogen-bond donors (Lipinski definition) is 0. The van der Waals surface area contributed by atoms with E-state index in [0.29, 0.717) is 13.1 Å². The van der Waals surface area contributed by atoms with Crippen molar-refractivity contribution in [1.82, 2.24) is 19.5 Å². The van der Waals surface area contributed by atoms with Crippen molar-refractivity contribution in [2.24, 2.45) is 0 Å². The van der Waals surface area contributed by atoms with Gasteiger partial charge >= 0.3 is 6.09 Å². The highest BCUT2D eigenvalue weighted by Gasteiger charge is 2.26. The van der Waals surface area contributed by atoms with Crippen molar-refractivity contribution < 1.29 is 9.53 Å². The van der Waals surface area contributed by atoms with E-state index in [2.05, 4.69) is 10.2 Å². The van der Waals surface area contributed by atoms with Crippen LogP contribution in [0.1, 0.15) is 31.9 Å². The van der Waals surface area contributed by atoms with E-state index < -0.39 is 5.60 Å². The molecule has 0 unspecified atom stereocenters. The molecular formula is C14H18N4O2. The van der Waals surface area contributed by atoms with E-state index >= 15 is 0 Å². The molecule has 0 saturated heterocycles. The van der Waals surface area contributed by atoms with Gasteiger partial charge in [-0.3, -0.25) is 4.40 Å². The van der Waals surface area contributed by atoms with Gasteiger partial charge in [0.2, 0.25) is 0 Å². The summed E-state index contributed by atoms with van der Waals surface area (Å²) in [6, 6.07) is 2.04. The molecule has 1 aliphatic heterocycles. The van der Waals surface area contributed by atoms with Crippen LogP contribution in [0.5, 0.6) is 0 Å². The second-order valence-electron chi connectivity index (χ2n) is 6.07. The van der Waals surface area contributed by atoms with Crippen LogP contribution in [0, 0.1) is 0 Å². The lowest BCUT2D eigenvalue weighted by molar-refractivity contribution is 0.0224. The fourth-order valence-corrected chi connectivity index (χ4v) is 2.35. The summed E-state index contributed by atoms with van der Waals surface area (Å²) in [5.41, 5.74) is 2.73. The summed E-state index contributed by atoms with van der Waals surface area (Å²) in [7, 11) is 0. The molecule has 0 spiro atoms. The minimum absolute atomic E-state index is 0.257. The summed E-state index contributed by atoms with van der Waals surface area (Å²) >= 11 is 0. The smallest absolute Gasteiger partial charge is 0.410 e. The molecule has 0 radical (unpaired) electrons. The molecule has 2 aromatic rings. The van der Waals surface area contributed by atoms with Crippen LogP contribution in [0.3, 0.4) is 0 Å². The molecule has 0 saturated carbocycles. The van der Waals surface area contributed by atoms with Crippen molar-refractivity contribution >= 4 is 11.7 Å². The lowest BCUT2D eigenvalue weighted by Crippen LogP contribution is -2.40. The van der Waals surface area contributed by atoms with Gasteiger partial charge in [0.1, 0.15) is 11.9 Å². The Morgan fingerprint density at radius 1 is 1.35 bits per heavy atom. The number of ether oxygens (including phenoxy) is 1. The zero-order valence-electron chi connectivity index (χ0n) is 12.0. The Morgan fingerprint density at radius 3 is 2.90 bits per heavy atom. The SMILES string of the molecule is CC(C)(C)OC(=O)N1CCc2cc3nncn3cc2C1. The van der Waals surface area contributed by atoms with E-state index in [9.17, 15) is 4.79 Å². The molecule has 6 nitrogen and oxygen atoms in total. The highest BCUT2D eigenvalue weighted by atomic mass is 16.6. The van der Waals surface area contributed by atoms with E-state index in [1.165, 1.54) is 5.56 Å². The third kappa shape index (κ3) is 2.45. The molecule has 20 heavy (non-hydrogen) atoms. The van der Waals surface area contributed by atoms with Gasteiger partial charge in [-0.1, -0.05) is 0 Å². The highest BCUT2D eigenvalue weighted by molar-refractivity contribution is 5.68. The first-order valence-electron chi connectivity index (χ1n) is 6.71. The minimum atomic E-state index is -0.463. The molecule has 0 aliphatic carbocycles. The zero-order valence-corrected chi connectivity index (χ0v) is 12.0. The summed E-state index contributed by atoms with van der Waals surface area (Å²) in [6.07, 6.45) is 4.22. The van der Waals surface area contributed by atoms with Gasteiger partial charge < -0.3 is 9.64 Å². The first kappa shape index (κ1) is 12.9. The lowest BCUT2D eigenvalue weighted by atomic mass is 10.0. The van der Waals surface area contributed by atoms with Gasteiger partial charge in [0.15, 0.2) is 5.65 Å². The quantitative estimate of drug-likeness (QED) is 0.737. The van der Waals surface area contributed by atoms with Crippen LogP contribution in [0.4, 0.5) is 4.79 Å². The molecule has 0 fully saturated rings. The standard InChI is InChI=1S/C14H18N4O2/c1-14(2,3)20-13(19)17-5-4-10-6-12-16-15-9-18(12)8-11(10)7-17/h6,8-9H,4-5,7H2,1-3H3. The molecule has 106 valence electrons. The van der Waals surface area contributed by atoms with Crippen molar-refractivity contribution in [2.45, 2.75) is 39.3 Å². The summed E-state index contributed by atoms with van der Waals surface area (Å²) < 4.78 is 7.29. The van der Waals surface area contributed by atoms with Gasteiger partial charge in [-0.15, -0.1) is 10.2 Å². The van der Waals surface area contributed by atoms with Crippen molar-refractivity contribution in [3.63, 3.8) is 0 Å². The van der Waals surface area contributed by atoms with Gasteiger partial charge in [0.25, 0.3) is 0 Å². The molecule has 3 rings (SSSR count). The van der Waals surface area contributed by atoms with Crippen LogP contribution in [0.15, 0.2) is 18.6 Å². The maximum Gasteiger partial charge on any atom is 0.410 e. The number of carbonyl (C=O) groups is 1. The van der Waals surface area contributed by atoms with Crippen LogP contribution in [0.2, 0.25) is 0 Å². The monoisotopic (exact) mass is 274 g/mol. The molecule has 0 atom stereocenters. The van der Waals surface area contributed by atoms with Crippen molar-refractivity contribution in [2.75, 3.05) is 6.54 Å². The Labute approximate surface area is 117 Å². The summed E-state index contributed by atoms with van der Waals surface area (Å²) in [5.74, 6) is 0.